The highest BCUT2D eigenvalue weighted by atomic mass is 127. The maximum absolute atomic E-state index is 11.8. The molecular weight excluding hydrogens is 447 g/mol. The van der Waals surface area contributed by atoms with Crippen LogP contribution in [0.5, 0.6) is 0 Å². The van der Waals surface area contributed by atoms with Gasteiger partial charge in [0.05, 0.1) is 0 Å². The summed E-state index contributed by atoms with van der Waals surface area (Å²) in [5.41, 5.74) is -0.170. The van der Waals surface area contributed by atoms with Crippen LogP contribution in [0, 0.1) is 0 Å². The number of guanidine groups is 1. The predicted molar refractivity (Wildman–Crippen MR) is 112 cm³/mol. The van der Waals surface area contributed by atoms with E-state index in [1.165, 1.54) is 0 Å². The molecule has 9 heteroatoms. The minimum absolute atomic E-state index is 0. The fourth-order valence-electron chi connectivity index (χ4n) is 2.61. The van der Waals surface area contributed by atoms with Gasteiger partial charge in [0.15, 0.2) is 11.8 Å². The van der Waals surface area contributed by atoms with Crippen molar-refractivity contribution in [3.8, 4) is 0 Å². The highest BCUT2D eigenvalue weighted by Gasteiger charge is 2.26. The van der Waals surface area contributed by atoms with Crippen LogP contribution in [0.3, 0.4) is 0 Å². The average molecular weight is 478 g/mol. The smallest absolute Gasteiger partial charge is 0.232 e. The molecule has 1 aromatic rings. The largest absolute Gasteiger partial charge is 0.357 e. The minimum atomic E-state index is -0.170. The third-order valence-electron chi connectivity index (χ3n) is 4.02. The predicted octanol–water partition coefficient (Wildman–Crippen LogP) is 2.05. The highest BCUT2D eigenvalue weighted by Crippen LogP contribution is 2.19. The Kier molecular flexibility index (Phi) is 8.78. The number of nitrogens with one attached hydrogen (secondary N) is 2. The zero-order valence-corrected chi connectivity index (χ0v) is 18.7. The average Bonchev–Trinajstić information content (AvgIpc) is 3.21. The Hall–Kier alpha value is -1.39. The lowest BCUT2D eigenvalue weighted by atomic mass is 9.97. The van der Waals surface area contributed by atoms with Crippen molar-refractivity contribution in [1.82, 2.24) is 25.7 Å². The number of nitrogens with zero attached hydrogens (tertiary/aromatic N) is 4. The van der Waals surface area contributed by atoms with Crippen molar-refractivity contribution in [2.75, 3.05) is 19.6 Å². The molecule has 2 rings (SSSR count). The van der Waals surface area contributed by atoms with E-state index in [4.69, 9.17) is 4.52 Å². The van der Waals surface area contributed by atoms with Crippen LogP contribution in [-0.4, -0.2) is 52.6 Å². The van der Waals surface area contributed by atoms with E-state index in [-0.39, 0.29) is 41.3 Å². The molecule has 1 aromatic heterocycles. The molecule has 26 heavy (non-hydrogen) atoms. The first kappa shape index (κ1) is 22.7. The first-order valence-electron chi connectivity index (χ1n) is 8.99. The lowest BCUT2D eigenvalue weighted by Gasteiger charge is -2.18. The maximum Gasteiger partial charge on any atom is 0.232 e. The molecule has 0 radical (unpaired) electrons. The quantitative estimate of drug-likeness (QED) is 0.382. The highest BCUT2D eigenvalue weighted by molar-refractivity contribution is 14.0. The Morgan fingerprint density at radius 1 is 1.38 bits per heavy atom. The number of aromatic nitrogens is 2. The van der Waals surface area contributed by atoms with Gasteiger partial charge in [-0.25, -0.2) is 4.99 Å². The number of carbonyl (C=O) groups excluding carboxylic acids is 1. The third-order valence-corrected chi connectivity index (χ3v) is 4.02. The summed E-state index contributed by atoms with van der Waals surface area (Å²) < 4.78 is 5.29. The van der Waals surface area contributed by atoms with Crippen LogP contribution in [0.2, 0.25) is 0 Å². The molecule has 148 valence electrons. The zero-order valence-electron chi connectivity index (χ0n) is 16.3. The number of halogens is 1. The fraction of sp³-hybridized carbons (Fsp3) is 0.765. The molecular formula is C17H31IN6O2. The van der Waals surface area contributed by atoms with Gasteiger partial charge in [0.25, 0.3) is 0 Å². The summed E-state index contributed by atoms with van der Waals surface area (Å²) in [7, 11) is 0. The lowest BCUT2D eigenvalue weighted by molar-refractivity contribution is -0.129. The summed E-state index contributed by atoms with van der Waals surface area (Å²) in [5, 5.41) is 10.6. The summed E-state index contributed by atoms with van der Waals surface area (Å²) in [6.07, 6.45) is 1.47. The molecule has 8 nitrogen and oxygen atoms in total. The van der Waals surface area contributed by atoms with Crippen LogP contribution < -0.4 is 10.6 Å². The van der Waals surface area contributed by atoms with Crippen molar-refractivity contribution < 1.29 is 9.32 Å². The van der Waals surface area contributed by atoms with Gasteiger partial charge in [-0.1, -0.05) is 32.9 Å². The van der Waals surface area contributed by atoms with Crippen LogP contribution in [-0.2, 0) is 16.8 Å². The van der Waals surface area contributed by atoms with Crippen LogP contribution in [0.15, 0.2) is 9.52 Å². The number of likely N-dealkylation sites (tertiary alicyclic amines) is 1. The molecule has 1 aliphatic heterocycles. The summed E-state index contributed by atoms with van der Waals surface area (Å²) in [4.78, 5) is 22.6. The molecule has 1 amide bonds. The summed E-state index contributed by atoms with van der Waals surface area (Å²) in [6.45, 7) is 12.6. The van der Waals surface area contributed by atoms with Crippen molar-refractivity contribution in [3.05, 3.63) is 11.7 Å². The molecule has 2 heterocycles. The van der Waals surface area contributed by atoms with E-state index in [9.17, 15) is 4.79 Å². The van der Waals surface area contributed by atoms with E-state index >= 15 is 0 Å². The normalized spacial score (nSPS) is 17.8. The third kappa shape index (κ3) is 6.40. The van der Waals surface area contributed by atoms with Gasteiger partial charge >= 0.3 is 0 Å². The Labute approximate surface area is 172 Å². The van der Waals surface area contributed by atoms with Crippen molar-refractivity contribution in [3.63, 3.8) is 0 Å². The standard InChI is InChI=1S/C17H30N6O2.HI/c1-6-14(24)23-9-8-12(11-23)20-16(18-7-2)19-10-13-21-15(25-22-13)17(3,4)5;/h12H,6-11H2,1-5H3,(H2,18,19,20);1H. The van der Waals surface area contributed by atoms with Crippen LogP contribution in [0.25, 0.3) is 0 Å². The SMILES string of the molecule is CCNC(=NCc1noc(C(C)(C)C)n1)NC1CCN(C(=O)CC)C1.I. The van der Waals surface area contributed by atoms with Crippen molar-refractivity contribution in [1.29, 1.82) is 0 Å². The van der Waals surface area contributed by atoms with E-state index in [1.807, 2.05) is 39.5 Å². The minimum Gasteiger partial charge on any atom is -0.357 e. The molecule has 0 saturated carbocycles. The maximum atomic E-state index is 11.8. The molecule has 1 saturated heterocycles. The number of aliphatic imine (C=N–C) groups is 1. The second kappa shape index (κ2) is 10.1. The van der Waals surface area contributed by atoms with Crippen LogP contribution in [0.1, 0.15) is 59.2 Å². The molecule has 1 unspecified atom stereocenters. The van der Waals surface area contributed by atoms with Crippen LogP contribution in [0.4, 0.5) is 0 Å². The summed E-state index contributed by atoms with van der Waals surface area (Å²) in [6, 6.07) is 0.212. The second-order valence-corrected chi connectivity index (χ2v) is 7.28. The van der Waals surface area contributed by atoms with Gasteiger partial charge in [-0.2, -0.15) is 4.98 Å². The molecule has 2 N–H and O–H groups in total. The Bertz CT molecular complexity index is 611. The molecule has 0 spiro atoms. The summed E-state index contributed by atoms with van der Waals surface area (Å²) >= 11 is 0. The van der Waals surface area contributed by atoms with Crippen molar-refractivity contribution >= 4 is 35.8 Å². The number of rotatable bonds is 5. The lowest BCUT2D eigenvalue weighted by Crippen LogP contribution is -2.45. The first-order chi connectivity index (χ1) is 11.8. The number of hydrogen-bond donors (Lipinski definition) is 2. The van der Waals surface area contributed by atoms with E-state index in [1.54, 1.807) is 0 Å². The monoisotopic (exact) mass is 478 g/mol. The van der Waals surface area contributed by atoms with Crippen molar-refractivity contribution in [2.45, 2.75) is 65.5 Å². The zero-order chi connectivity index (χ0) is 18.4. The number of carbonyl (C=O) groups is 1. The van der Waals surface area contributed by atoms with Gasteiger partial charge in [-0.15, -0.1) is 24.0 Å². The number of hydrogen-bond acceptors (Lipinski definition) is 5. The Balaban J connectivity index is 0.00000338. The molecule has 1 aliphatic rings. The molecule has 0 bridgehead atoms. The van der Waals surface area contributed by atoms with Gasteiger partial charge in [-0.05, 0) is 13.3 Å². The second-order valence-electron chi connectivity index (χ2n) is 7.28. The van der Waals surface area contributed by atoms with Gasteiger partial charge in [0, 0.05) is 37.5 Å². The van der Waals surface area contributed by atoms with E-state index in [0.717, 1.165) is 19.5 Å². The topological polar surface area (TPSA) is 95.7 Å². The van der Waals surface area contributed by atoms with E-state index < -0.39 is 0 Å². The van der Waals surface area contributed by atoms with E-state index in [2.05, 4.69) is 25.8 Å². The van der Waals surface area contributed by atoms with Gasteiger partial charge in [0.2, 0.25) is 11.8 Å². The molecule has 0 aromatic carbocycles. The van der Waals surface area contributed by atoms with Crippen molar-refractivity contribution in [2.24, 2.45) is 4.99 Å². The molecule has 1 fully saturated rings. The van der Waals surface area contributed by atoms with Gasteiger partial charge in [-0.3, -0.25) is 4.79 Å². The molecule has 0 aliphatic carbocycles. The Morgan fingerprint density at radius 2 is 2.12 bits per heavy atom. The number of amides is 1. The van der Waals surface area contributed by atoms with Gasteiger partial charge < -0.3 is 20.1 Å². The fourth-order valence-corrected chi connectivity index (χ4v) is 2.61. The first-order valence-corrected chi connectivity index (χ1v) is 8.99. The van der Waals surface area contributed by atoms with E-state index in [0.29, 0.717) is 37.2 Å². The molecule has 1 atom stereocenters. The van der Waals surface area contributed by atoms with Crippen LogP contribution >= 0.6 is 24.0 Å². The summed E-state index contributed by atoms with van der Waals surface area (Å²) in [5.74, 6) is 2.09. The Morgan fingerprint density at radius 3 is 2.69 bits per heavy atom. The van der Waals surface area contributed by atoms with Gasteiger partial charge in [0.1, 0.15) is 6.54 Å².